The molecule has 196 valence electrons. The number of benzene rings is 3. The number of nitriles is 1. The molecule has 2 atom stereocenters. The molecule has 3 aromatic carbocycles. The van der Waals surface area contributed by atoms with Crippen LogP contribution in [0.5, 0.6) is 5.75 Å². The van der Waals surface area contributed by atoms with Crippen molar-refractivity contribution in [3.05, 3.63) is 112 Å². The van der Waals surface area contributed by atoms with Gasteiger partial charge in [-0.2, -0.15) is 5.26 Å². The van der Waals surface area contributed by atoms with Gasteiger partial charge in [0.2, 0.25) is 0 Å². The number of methoxy groups -OCH3 is 1. The van der Waals surface area contributed by atoms with E-state index in [9.17, 15) is 10.1 Å². The first-order valence-corrected chi connectivity index (χ1v) is 13.6. The standard InChI is InChI=1S/C35H33NO3/c1-4-30(31-16-15-29(38-3)19-28(31)22-36)35(24-13-10-23(11-14-24)12-17-34(37)39-5-2)33-20-26-9-7-6-8-25(26)18-27-21-32(27)33/h6-17,19-20,27,32H,4-5,18,21H2,1-3H3/b17-12+,35-30+/t27-,32?/m0/s1. The van der Waals surface area contributed by atoms with Gasteiger partial charge in [0.15, 0.2) is 0 Å². The van der Waals surface area contributed by atoms with Crippen LogP contribution in [0.3, 0.4) is 0 Å². The maximum Gasteiger partial charge on any atom is 0.330 e. The fraction of sp³-hybridized carbons (Fsp3) is 0.257. The largest absolute Gasteiger partial charge is 0.497 e. The van der Waals surface area contributed by atoms with Crippen LogP contribution >= 0.6 is 0 Å². The van der Waals surface area contributed by atoms with Crippen molar-refractivity contribution in [1.29, 1.82) is 5.26 Å². The van der Waals surface area contributed by atoms with Gasteiger partial charge in [0.05, 0.1) is 25.3 Å². The van der Waals surface area contributed by atoms with Gasteiger partial charge in [0.1, 0.15) is 5.75 Å². The Bertz CT molecular complexity index is 1520. The summed E-state index contributed by atoms with van der Waals surface area (Å²) in [5, 5.41) is 10.1. The molecule has 0 aromatic heterocycles. The van der Waals surface area contributed by atoms with E-state index in [4.69, 9.17) is 9.47 Å². The number of rotatable bonds is 8. The lowest BCUT2D eigenvalue weighted by atomic mass is 9.83. The smallest absolute Gasteiger partial charge is 0.330 e. The van der Waals surface area contributed by atoms with Crippen molar-refractivity contribution in [2.75, 3.05) is 13.7 Å². The van der Waals surface area contributed by atoms with E-state index in [2.05, 4.69) is 55.5 Å². The molecule has 3 aromatic rings. The molecule has 4 heteroatoms. The summed E-state index contributed by atoms with van der Waals surface area (Å²) in [5.41, 5.74) is 9.96. The van der Waals surface area contributed by atoms with Crippen molar-refractivity contribution in [2.45, 2.75) is 33.1 Å². The summed E-state index contributed by atoms with van der Waals surface area (Å²) in [6.45, 7) is 4.31. The van der Waals surface area contributed by atoms with Crippen LogP contribution in [0, 0.1) is 23.2 Å². The summed E-state index contributed by atoms with van der Waals surface area (Å²) in [7, 11) is 1.62. The molecule has 4 nitrogen and oxygen atoms in total. The fourth-order valence-electron chi connectivity index (χ4n) is 5.67. The van der Waals surface area contributed by atoms with E-state index >= 15 is 0 Å². The molecule has 0 saturated heterocycles. The molecular formula is C35H33NO3. The van der Waals surface area contributed by atoms with E-state index in [0.29, 0.717) is 29.8 Å². The summed E-state index contributed by atoms with van der Waals surface area (Å²) in [6.07, 6.45) is 8.66. The Morgan fingerprint density at radius 2 is 1.87 bits per heavy atom. The summed E-state index contributed by atoms with van der Waals surface area (Å²) >= 11 is 0. The highest BCUT2D eigenvalue weighted by molar-refractivity contribution is 6.02. The molecule has 0 bridgehead atoms. The molecule has 1 unspecified atom stereocenters. The van der Waals surface area contributed by atoms with Crippen LogP contribution in [0.1, 0.15) is 60.1 Å². The number of hydrogen-bond acceptors (Lipinski definition) is 4. The molecular weight excluding hydrogens is 482 g/mol. The highest BCUT2D eigenvalue weighted by Crippen LogP contribution is 2.54. The monoisotopic (exact) mass is 515 g/mol. The number of hydrogen-bond donors (Lipinski definition) is 0. The molecule has 5 rings (SSSR count). The zero-order valence-electron chi connectivity index (χ0n) is 22.7. The predicted octanol–water partition coefficient (Wildman–Crippen LogP) is 7.74. The van der Waals surface area contributed by atoms with Crippen molar-refractivity contribution in [1.82, 2.24) is 0 Å². The molecule has 0 heterocycles. The summed E-state index contributed by atoms with van der Waals surface area (Å²) in [4.78, 5) is 11.8. The molecule has 0 radical (unpaired) electrons. The first kappa shape index (κ1) is 26.3. The van der Waals surface area contributed by atoms with E-state index in [-0.39, 0.29) is 5.97 Å². The van der Waals surface area contributed by atoms with Crippen LogP contribution in [0.4, 0.5) is 0 Å². The third kappa shape index (κ3) is 5.59. The van der Waals surface area contributed by atoms with Crippen molar-refractivity contribution >= 4 is 29.3 Å². The zero-order chi connectivity index (χ0) is 27.4. The first-order valence-electron chi connectivity index (χ1n) is 13.6. The summed E-state index contributed by atoms with van der Waals surface area (Å²) in [5.74, 6) is 1.45. The Kier molecular flexibility index (Phi) is 7.79. The lowest BCUT2D eigenvalue weighted by Crippen LogP contribution is -2.01. The van der Waals surface area contributed by atoms with E-state index in [1.807, 2.05) is 30.3 Å². The number of carbonyl (C=O) groups is 1. The van der Waals surface area contributed by atoms with Gasteiger partial charge in [-0.05, 0) is 107 Å². The third-order valence-electron chi connectivity index (χ3n) is 7.68. The maximum atomic E-state index is 11.8. The molecule has 2 aliphatic rings. The number of nitrogens with zero attached hydrogens (tertiary/aromatic N) is 1. The van der Waals surface area contributed by atoms with Gasteiger partial charge in [-0.15, -0.1) is 0 Å². The number of fused-ring (bicyclic) bond motifs is 2. The molecule has 0 spiro atoms. The average molecular weight is 516 g/mol. The highest BCUT2D eigenvalue weighted by atomic mass is 16.5. The molecule has 0 aliphatic heterocycles. The van der Waals surface area contributed by atoms with Crippen molar-refractivity contribution < 1.29 is 14.3 Å². The molecule has 0 N–H and O–H groups in total. The molecule has 0 amide bonds. The van der Waals surface area contributed by atoms with Crippen LogP contribution in [0.2, 0.25) is 0 Å². The Balaban J connectivity index is 1.68. The summed E-state index contributed by atoms with van der Waals surface area (Å²) in [6, 6.07) is 25.2. The lowest BCUT2D eigenvalue weighted by molar-refractivity contribution is -0.137. The van der Waals surface area contributed by atoms with Gasteiger partial charge >= 0.3 is 5.97 Å². The second-order valence-electron chi connectivity index (χ2n) is 10.0. The Hall–Kier alpha value is -4.36. The summed E-state index contributed by atoms with van der Waals surface area (Å²) < 4.78 is 10.4. The van der Waals surface area contributed by atoms with Crippen LogP contribution in [0.15, 0.2) is 78.4 Å². The van der Waals surface area contributed by atoms with Crippen LogP contribution < -0.4 is 4.74 Å². The van der Waals surface area contributed by atoms with Crippen LogP contribution in [-0.4, -0.2) is 19.7 Å². The topological polar surface area (TPSA) is 59.3 Å². The minimum atomic E-state index is -0.346. The van der Waals surface area contributed by atoms with Crippen LogP contribution in [0.25, 0.3) is 23.3 Å². The minimum absolute atomic E-state index is 0.346. The van der Waals surface area contributed by atoms with Crippen LogP contribution in [-0.2, 0) is 16.0 Å². The molecule has 2 aliphatic carbocycles. The quantitative estimate of drug-likeness (QED) is 0.175. The fourth-order valence-corrected chi connectivity index (χ4v) is 5.67. The van der Waals surface area contributed by atoms with Gasteiger partial charge in [0, 0.05) is 6.08 Å². The molecule has 1 saturated carbocycles. The lowest BCUT2D eigenvalue weighted by Gasteiger charge is -2.20. The van der Waals surface area contributed by atoms with E-state index in [1.54, 1.807) is 20.1 Å². The Morgan fingerprint density at radius 1 is 1.08 bits per heavy atom. The normalized spacial score (nSPS) is 18.2. The zero-order valence-corrected chi connectivity index (χ0v) is 22.7. The second-order valence-corrected chi connectivity index (χ2v) is 10.0. The number of ether oxygens (including phenoxy) is 2. The first-order chi connectivity index (χ1) is 19.1. The minimum Gasteiger partial charge on any atom is -0.497 e. The van der Waals surface area contributed by atoms with Gasteiger partial charge in [-0.3, -0.25) is 0 Å². The number of allylic oxidation sites excluding steroid dienone is 3. The van der Waals surface area contributed by atoms with Gasteiger partial charge in [0.25, 0.3) is 0 Å². The average Bonchev–Trinajstić information content (AvgIpc) is 3.75. The maximum absolute atomic E-state index is 11.8. The van der Waals surface area contributed by atoms with Crippen molar-refractivity contribution in [2.24, 2.45) is 11.8 Å². The SMILES string of the molecule is CCOC(=O)/C=C/c1ccc(/C(C2=Cc3ccccc3C[C@H]3CC23)=C(/CC)c2ccc(OC)cc2C#N)cc1. The van der Waals surface area contributed by atoms with Gasteiger partial charge < -0.3 is 9.47 Å². The van der Waals surface area contributed by atoms with E-state index < -0.39 is 0 Å². The second kappa shape index (κ2) is 11.6. The number of esters is 1. The molecule has 39 heavy (non-hydrogen) atoms. The molecule has 1 fully saturated rings. The van der Waals surface area contributed by atoms with Gasteiger partial charge in [-0.25, -0.2) is 4.79 Å². The van der Waals surface area contributed by atoms with Gasteiger partial charge in [-0.1, -0.05) is 61.5 Å². The third-order valence-corrected chi connectivity index (χ3v) is 7.68. The van der Waals surface area contributed by atoms with E-state index in [0.717, 1.165) is 35.1 Å². The predicted molar refractivity (Wildman–Crippen MR) is 157 cm³/mol. The number of carbonyl (C=O) groups excluding carboxylic acids is 1. The Labute approximate surface area is 230 Å². The Morgan fingerprint density at radius 3 is 2.59 bits per heavy atom. The van der Waals surface area contributed by atoms with E-state index in [1.165, 1.54) is 34.8 Å². The van der Waals surface area contributed by atoms with Crippen molar-refractivity contribution in [3.63, 3.8) is 0 Å². The highest BCUT2D eigenvalue weighted by Gasteiger charge is 2.43. The van der Waals surface area contributed by atoms with Crippen molar-refractivity contribution in [3.8, 4) is 11.8 Å².